The minimum atomic E-state index is -0.578. The predicted octanol–water partition coefficient (Wildman–Crippen LogP) is 3.59. The molecule has 140 valence electrons. The Morgan fingerprint density at radius 2 is 1.85 bits per heavy atom. The smallest absolute Gasteiger partial charge is 0.313 e. The van der Waals surface area contributed by atoms with Gasteiger partial charge in [0.1, 0.15) is 5.71 Å². The van der Waals surface area contributed by atoms with Gasteiger partial charge in [-0.15, -0.1) is 0 Å². The van der Waals surface area contributed by atoms with E-state index >= 15 is 0 Å². The Morgan fingerprint density at radius 1 is 1.11 bits per heavy atom. The number of nitrogens with zero attached hydrogens (tertiary/aromatic N) is 2. The van der Waals surface area contributed by atoms with E-state index in [4.69, 9.17) is 9.15 Å². The quantitative estimate of drug-likeness (QED) is 0.679. The normalized spacial score (nSPS) is 15.3. The van der Waals surface area contributed by atoms with Crippen LogP contribution in [-0.4, -0.2) is 48.7 Å². The number of carbonyl (C=O) groups excluding carboxylic acids is 2. The summed E-state index contributed by atoms with van der Waals surface area (Å²) in [6.07, 6.45) is 3.98. The summed E-state index contributed by atoms with van der Waals surface area (Å²) in [5.74, 6) is -0.749. The molecule has 7 heteroatoms. The third-order valence-electron chi connectivity index (χ3n) is 3.99. The van der Waals surface area contributed by atoms with E-state index in [1.54, 1.807) is 11.0 Å². The van der Waals surface area contributed by atoms with Gasteiger partial charge < -0.3 is 14.1 Å². The molecule has 0 saturated carbocycles. The molecule has 0 atom stereocenters. The third-order valence-corrected chi connectivity index (χ3v) is 4.41. The third kappa shape index (κ3) is 5.48. The molecule has 0 radical (unpaired) electrons. The molecule has 1 aliphatic rings. The Hall–Kier alpha value is -2.51. The molecule has 1 aromatic carbocycles. The van der Waals surface area contributed by atoms with Crippen LogP contribution in [0.25, 0.3) is 6.08 Å². The second-order valence-corrected chi connectivity index (χ2v) is 6.67. The Morgan fingerprint density at radius 3 is 2.52 bits per heavy atom. The second kappa shape index (κ2) is 9.43. The lowest BCUT2D eigenvalue weighted by Gasteiger charge is -2.27. The van der Waals surface area contributed by atoms with Gasteiger partial charge in [0.15, 0.2) is 10.4 Å². The van der Waals surface area contributed by atoms with Gasteiger partial charge in [0.25, 0.3) is 5.91 Å². The van der Waals surface area contributed by atoms with Crippen molar-refractivity contribution in [3.63, 3.8) is 0 Å². The van der Waals surface area contributed by atoms with Gasteiger partial charge in [-0.3, -0.25) is 9.59 Å². The average molecular weight is 431 g/mol. The van der Waals surface area contributed by atoms with E-state index in [1.807, 2.05) is 42.5 Å². The Kier molecular flexibility index (Phi) is 6.73. The predicted molar refractivity (Wildman–Crippen MR) is 106 cm³/mol. The topological polar surface area (TPSA) is 72.1 Å². The van der Waals surface area contributed by atoms with E-state index < -0.39 is 5.91 Å². The fourth-order valence-electron chi connectivity index (χ4n) is 2.61. The van der Waals surface area contributed by atoms with Gasteiger partial charge in [-0.2, -0.15) is 0 Å². The molecule has 1 fully saturated rings. The maximum atomic E-state index is 12.8. The molecule has 1 aromatic heterocycles. The first-order valence-electron chi connectivity index (χ1n) is 8.59. The number of amides is 2. The maximum Gasteiger partial charge on any atom is 0.313 e. The molecule has 2 heterocycles. The first-order chi connectivity index (χ1) is 13.1. The highest BCUT2D eigenvalue weighted by Crippen LogP contribution is 2.15. The molecule has 1 aliphatic heterocycles. The summed E-state index contributed by atoms with van der Waals surface area (Å²) in [5, 5.41) is 0. The molecule has 0 unspecified atom stereocenters. The Bertz CT molecular complexity index is 852. The number of aliphatic imine (C=N–C) groups is 1. The monoisotopic (exact) mass is 430 g/mol. The van der Waals surface area contributed by atoms with Crippen molar-refractivity contribution in [3.8, 4) is 0 Å². The van der Waals surface area contributed by atoms with Crippen LogP contribution in [0.1, 0.15) is 22.5 Å². The van der Waals surface area contributed by atoms with Gasteiger partial charge in [-0.1, -0.05) is 42.5 Å². The van der Waals surface area contributed by atoms with Gasteiger partial charge in [-0.25, -0.2) is 4.99 Å². The van der Waals surface area contributed by atoms with Crippen LogP contribution in [0.3, 0.4) is 0 Å². The average Bonchev–Trinajstić information content (AvgIpc) is 3.14. The summed E-state index contributed by atoms with van der Waals surface area (Å²) in [6.45, 7) is 1.94. The molecular formula is C20H19BrN2O4. The van der Waals surface area contributed by atoms with E-state index in [-0.39, 0.29) is 23.8 Å². The summed E-state index contributed by atoms with van der Waals surface area (Å²) >= 11 is 3.16. The minimum absolute atomic E-state index is 0.0844. The number of ether oxygens (including phenoxy) is 1. The number of allylic oxidation sites excluding steroid dienone is 1. The van der Waals surface area contributed by atoms with Crippen LogP contribution < -0.4 is 0 Å². The zero-order valence-corrected chi connectivity index (χ0v) is 16.2. The number of hydrogen-bond acceptors (Lipinski definition) is 4. The minimum Gasteiger partial charge on any atom is -0.444 e. The van der Waals surface area contributed by atoms with Crippen molar-refractivity contribution in [1.29, 1.82) is 0 Å². The van der Waals surface area contributed by atoms with Crippen LogP contribution in [0, 0.1) is 0 Å². The lowest BCUT2D eigenvalue weighted by Crippen LogP contribution is -2.44. The van der Waals surface area contributed by atoms with Gasteiger partial charge in [0, 0.05) is 19.5 Å². The van der Waals surface area contributed by atoms with E-state index in [9.17, 15) is 9.59 Å². The van der Waals surface area contributed by atoms with Crippen LogP contribution in [0.4, 0.5) is 0 Å². The number of hydrogen-bond donors (Lipinski definition) is 0. The van der Waals surface area contributed by atoms with Crippen molar-refractivity contribution in [2.75, 3.05) is 26.3 Å². The molecule has 0 aliphatic carbocycles. The van der Waals surface area contributed by atoms with Crippen molar-refractivity contribution in [3.05, 3.63) is 64.5 Å². The first-order valence-corrected chi connectivity index (χ1v) is 9.38. The molecule has 0 N–H and O–H groups in total. The van der Waals surface area contributed by atoms with E-state index in [0.29, 0.717) is 31.0 Å². The van der Waals surface area contributed by atoms with Crippen LogP contribution >= 0.6 is 15.9 Å². The maximum absolute atomic E-state index is 12.8. The summed E-state index contributed by atoms with van der Waals surface area (Å²) in [5.41, 5.74) is 1.19. The van der Waals surface area contributed by atoms with Crippen LogP contribution in [-0.2, 0) is 9.53 Å². The zero-order valence-electron chi connectivity index (χ0n) is 14.6. The molecule has 2 amide bonds. The number of benzene rings is 1. The molecule has 1 saturated heterocycles. The Balaban J connectivity index is 1.79. The van der Waals surface area contributed by atoms with Crippen LogP contribution in [0.2, 0.25) is 0 Å². The molecular weight excluding hydrogens is 412 g/mol. The lowest BCUT2D eigenvalue weighted by atomic mass is 10.1. The second-order valence-electron chi connectivity index (χ2n) is 5.89. The first kappa shape index (κ1) is 19.3. The number of carbonyl (C=O) groups is 2. The molecule has 3 rings (SSSR count). The van der Waals surface area contributed by atoms with Crippen molar-refractivity contribution < 1.29 is 18.7 Å². The molecule has 0 spiro atoms. The van der Waals surface area contributed by atoms with Crippen molar-refractivity contribution in [2.24, 2.45) is 4.99 Å². The van der Waals surface area contributed by atoms with Crippen LogP contribution in [0.15, 0.2) is 62.6 Å². The summed E-state index contributed by atoms with van der Waals surface area (Å²) in [4.78, 5) is 30.9. The molecule has 27 heavy (non-hydrogen) atoms. The van der Waals surface area contributed by atoms with Crippen molar-refractivity contribution in [1.82, 2.24) is 4.90 Å². The van der Waals surface area contributed by atoms with Crippen molar-refractivity contribution >= 4 is 39.5 Å². The fraction of sp³-hybridized carbons (Fsp3) is 0.250. The Labute approximate surface area is 165 Å². The highest BCUT2D eigenvalue weighted by molar-refractivity contribution is 9.10. The zero-order chi connectivity index (χ0) is 19.1. The number of halogens is 1. The van der Waals surface area contributed by atoms with Gasteiger partial charge in [0.05, 0.1) is 13.2 Å². The summed E-state index contributed by atoms with van der Waals surface area (Å²) in [6, 6.07) is 12.9. The lowest BCUT2D eigenvalue weighted by molar-refractivity contribution is -0.128. The highest BCUT2D eigenvalue weighted by atomic mass is 79.9. The van der Waals surface area contributed by atoms with Gasteiger partial charge in [-0.05, 0) is 33.6 Å². The van der Waals surface area contributed by atoms with Crippen LogP contribution in [0.5, 0.6) is 0 Å². The molecule has 0 bridgehead atoms. The van der Waals surface area contributed by atoms with E-state index in [2.05, 4.69) is 20.9 Å². The fourth-order valence-corrected chi connectivity index (χ4v) is 2.91. The molecule has 6 nitrogen and oxygen atoms in total. The number of morpholine rings is 1. The number of rotatable bonds is 5. The largest absolute Gasteiger partial charge is 0.444 e. The van der Waals surface area contributed by atoms with E-state index in [1.165, 1.54) is 6.07 Å². The SMILES string of the molecule is O=C(N=C(C/C=C\c1ccccc1)C(=O)N1CCOCC1)c1ccc(Br)o1. The standard InChI is InChI=1S/C20H19BrN2O4/c21-18-10-9-17(27-18)19(24)22-16(20(25)23-11-13-26-14-12-23)8-4-7-15-5-2-1-3-6-15/h1-7,9-10H,8,11-14H2/b7-4-,22-16?. The molecule has 2 aromatic rings. The van der Waals surface area contributed by atoms with E-state index in [0.717, 1.165) is 5.56 Å². The number of furan rings is 1. The summed E-state index contributed by atoms with van der Waals surface area (Å²) < 4.78 is 11.0. The summed E-state index contributed by atoms with van der Waals surface area (Å²) in [7, 11) is 0. The highest BCUT2D eigenvalue weighted by Gasteiger charge is 2.23. The van der Waals surface area contributed by atoms with Gasteiger partial charge >= 0.3 is 5.91 Å². The van der Waals surface area contributed by atoms with Gasteiger partial charge in [0.2, 0.25) is 0 Å². The van der Waals surface area contributed by atoms with Crippen molar-refractivity contribution in [2.45, 2.75) is 6.42 Å².